The lowest BCUT2D eigenvalue weighted by atomic mass is 10.0. The summed E-state index contributed by atoms with van der Waals surface area (Å²) in [6.45, 7) is 12.1. The zero-order chi connectivity index (χ0) is 30.3. The van der Waals surface area contributed by atoms with E-state index in [0.717, 1.165) is 55.1 Å². The third-order valence-electron chi connectivity index (χ3n) is 8.01. The number of anilines is 2. The zero-order valence-electron chi connectivity index (χ0n) is 25.1. The molecule has 0 aromatic heterocycles. The van der Waals surface area contributed by atoms with Gasteiger partial charge in [0, 0.05) is 61.6 Å². The van der Waals surface area contributed by atoms with Crippen LogP contribution in [0.1, 0.15) is 46.1 Å². The fraction of sp³-hybridized carbons (Fsp3) is 0.382. The van der Waals surface area contributed by atoms with E-state index in [1.54, 1.807) is 20.2 Å². The van der Waals surface area contributed by atoms with Crippen molar-refractivity contribution in [1.82, 2.24) is 10.2 Å². The summed E-state index contributed by atoms with van der Waals surface area (Å²) in [4.78, 5) is 20.1. The first-order chi connectivity index (χ1) is 20.1. The van der Waals surface area contributed by atoms with E-state index < -0.39 is 5.66 Å². The van der Waals surface area contributed by atoms with E-state index >= 15 is 0 Å². The standard InChI is InChI=1S/C34H43F2N4OP/c1-5-25(3)22-31-17-14-28(34(35,36)42)24-40(31)32(26(4)6-2)33(41)37-23-27-12-15-30(16-13-27)39-20-18-38(19-21-39)29-10-8-7-9-11-29/h7-17,22,24-25H,5-6,18-21,23,42H2,1-4H3,(H,37,41)/b31-22+,32-26+. The minimum absolute atomic E-state index is 0.164. The SMILES string of the molecule is CC/C(C)=C(\C(=O)NCc1ccc(N2CCN(c3ccccc3)CC2)cc1)N1C=C(C(F)(F)P)C=C/C1=C\C(C)CC. The average Bonchev–Trinajstić information content (AvgIpc) is 3.01. The molecule has 2 aliphatic rings. The summed E-state index contributed by atoms with van der Waals surface area (Å²) in [5.74, 6) is -0.0619. The molecule has 1 amide bonds. The summed E-state index contributed by atoms with van der Waals surface area (Å²) in [6.07, 6.45) is 8.04. The number of alkyl halides is 2. The topological polar surface area (TPSA) is 38.8 Å². The Hall–Kier alpha value is -3.44. The third-order valence-corrected chi connectivity index (χ3v) is 8.34. The molecule has 0 radical (unpaired) electrons. The van der Waals surface area contributed by atoms with Gasteiger partial charge in [-0.1, -0.05) is 72.8 Å². The predicted octanol–water partition coefficient (Wildman–Crippen LogP) is 7.47. The number of nitrogens with zero attached hydrogens (tertiary/aromatic N) is 3. The maximum atomic E-state index is 14.3. The molecule has 1 N–H and O–H groups in total. The number of carbonyl (C=O) groups excluding carboxylic acids is 1. The van der Waals surface area contributed by atoms with Gasteiger partial charge in [-0.2, -0.15) is 8.78 Å². The highest BCUT2D eigenvalue weighted by molar-refractivity contribution is 7.18. The Morgan fingerprint density at radius 3 is 2.12 bits per heavy atom. The first-order valence-electron chi connectivity index (χ1n) is 14.8. The van der Waals surface area contributed by atoms with Crippen LogP contribution in [0.3, 0.4) is 0 Å². The Bertz CT molecular complexity index is 1340. The molecule has 2 aliphatic heterocycles. The summed E-state index contributed by atoms with van der Waals surface area (Å²) in [6, 6.07) is 18.8. The fourth-order valence-electron chi connectivity index (χ4n) is 5.08. The van der Waals surface area contributed by atoms with E-state index in [4.69, 9.17) is 0 Å². The second kappa shape index (κ2) is 14.2. The normalized spacial score (nSPS) is 18.1. The zero-order valence-corrected chi connectivity index (χ0v) is 26.3. The molecular weight excluding hydrogens is 549 g/mol. The Morgan fingerprint density at radius 2 is 1.57 bits per heavy atom. The maximum Gasteiger partial charge on any atom is 0.285 e. The number of hydrogen-bond donors (Lipinski definition) is 1. The van der Waals surface area contributed by atoms with Crippen molar-refractivity contribution in [2.45, 2.75) is 52.7 Å². The first kappa shape index (κ1) is 31.5. The van der Waals surface area contributed by atoms with E-state index in [0.29, 0.717) is 18.7 Å². The number of hydrogen-bond acceptors (Lipinski definition) is 4. The Kier molecular flexibility index (Phi) is 10.6. The van der Waals surface area contributed by atoms with Crippen molar-refractivity contribution in [2.24, 2.45) is 5.92 Å². The summed E-state index contributed by atoms with van der Waals surface area (Å²) < 4.78 is 28.6. The number of piperazine rings is 1. The monoisotopic (exact) mass is 592 g/mol. The quantitative estimate of drug-likeness (QED) is 0.230. The molecule has 2 heterocycles. The number of nitrogens with one attached hydrogen (secondary N) is 1. The van der Waals surface area contributed by atoms with Crippen molar-refractivity contribution in [1.29, 1.82) is 0 Å². The first-order valence-corrected chi connectivity index (χ1v) is 15.4. The highest BCUT2D eigenvalue weighted by atomic mass is 31.0. The van der Waals surface area contributed by atoms with Crippen LogP contribution in [0.15, 0.2) is 102 Å². The number of rotatable bonds is 10. The van der Waals surface area contributed by atoms with Crippen LogP contribution in [0.2, 0.25) is 0 Å². The smallest absolute Gasteiger partial charge is 0.285 e. The number of amides is 1. The molecule has 0 bridgehead atoms. The molecule has 42 heavy (non-hydrogen) atoms. The van der Waals surface area contributed by atoms with Gasteiger partial charge in [-0.3, -0.25) is 4.79 Å². The summed E-state index contributed by atoms with van der Waals surface area (Å²) in [5.41, 5.74) is 2.06. The fourth-order valence-corrected chi connectivity index (χ4v) is 5.25. The molecule has 224 valence electrons. The molecule has 0 spiro atoms. The number of halogens is 2. The van der Waals surface area contributed by atoms with Crippen molar-refractivity contribution in [2.75, 3.05) is 36.0 Å². The highest BCUT2D eigenvalue weighted by Crippen LogP contribution is 2.37. The second-order valence-electron chi connectivity index (χ2n) is 11.0. The molecule has 2 aromatic rings. The molecule has 1 fully saturated rings. The van der Waals surface area contributed by atoms with Gasteiger partial charge in [0.15, 0.2) is 0 Å². The molecule has 0 saturated carbocycles. The van der Waals surface area contributed by atoms with Crippen LogP contribution in [0.25, 0.3) is 0 Å². The Labute approximate surface area is 251 Å². The molecule has 1 saturated heterocycles. The van der Waals surface area contributed by atoms with Crippen molar-refractivity contribution in [3.63, 3.8) is 0 Å². The molecule has 2 atom stereocenters. The van der Waals surface area contributed by atoms with Gasteiger partial charge in [0.25, 0.3) is 11.6 Å². The summed E-state index contributed by atoms with van der Waals surface area (Å²) in [7, 11) is 1.59. The van der Waals surface area contributed by atoms with E-state index in [9.17, 15) is 13.6 Å². The van der Waals surface area contributed by atoms with Crippen molar-refractivity contribution < 1.29 is 13.6 Å². The molecule has 4 rings (SSSR count). The molecule has 5 nitrogen and oxygen atoms in total. The van der Waals surface area contributed by atoms with E-state index in [2.05, 4.69) is 65.4 Å². The summed E-state index contributed by atoms with van der Waals surface area (Å²) in [5, 5.41) is 3.04. The van der Waals surface area contributed by atoms with Gasteiger partial charge in [0.05, 0.1) is 0 Å². The van der Waals surface area contributed by atoms with Gasteiger partial charge < -0.3 is 20.0 Å². The van der Waals surface area contributed by atoms with Gasteiger partial charge in [-0.15, -0.1) is 0 Å². The van der Waals surface area contributed by atoms with E-state index in [-0.39, 0.29) is 17.4 Å². The van der Waals surface area contributed by atoms with Gasteiger partial charge >= 0.3 is 0 Å². The number of benzene rings is 2. The second-order valence-corrected chi connectivity index (χ2v) is 11.8. The molecule has 2 aromatic carbocycles. The van der Waals surface area contributed by atoms with Crippen LogP contribution in [-0.4, -0.2) is 42.6 Å². The number of carbonyl (C=O) groups is 1. The van der Waals surface area contributed by atoms with Crippen molar-refractivity contribution in [3.05, 3.63) is 107 Å². The van der Waals surface area contributed by atoms with Crippen LogP contribution in [0.5, 0.6) is 0 Å². The molecule has 8 heteroatoms. The minimum Gasteiger partial charge on any atom is -0.368 e. The Morgan fingerprint density at radius 1 is 0.976 bits per heavy atom. The van der Waals surface area contributed by atoms with E-state index in [1.165, 1.54) is 18.0 Å². The van der Waals surface area contributed by atoms with Gasteiger partial charge in [0.1, 0.15) is 5.70 Å². The van der Waals surface area contributed by atoms with Crippen LogP contribution in [0.4, 0.5) is 20.2 Å². The van der Waals surface area contributed by atoms with Crippen molar-refractivity contribution >= 4 is 26.5 Å². The van der Waals surface area contributed by atoms with Gasteiger partial charge in [0.2, 0.25) is 0 Å². The van der Waals surface area contributed by atoms with Crippen molar-refractivity contribution in [3.8, 4) is 0 Å². The van der Waals surface area contributed by atoms with Crippen LogP contribution >= 0.6 is 9.24 Å². The van der Waals surface area contributed by atoms with Crippen LogP contribution < -0.4 is 15.1 Å². The molecular formula is C34H43F2N4OP. The van der Waals surface area contributed by atoms with Gasteiger partial charge in [-0.25, -0.2) is 0 Å². The van der Waals surface area contributed by atoms with E-state index in [1.807, 2.05) is 38.1 Å². The third kappa shape index (κ3) is 7.89. The maximum absolute atomic E-state index is 14.3. The number of para-hydroxylation sites is 1. The largest absolute Gasteiger partial charge is 0.368 e. The predicted molar refractivity (Wildman–Crippen MR) is 173 cm³/mol. The lowest BCUT2D eigenvalue weighted by molar-refractivity contribution is -0.118. The van der Waals surface area contributed by atoms with Gasteiger partial charge in [-0.05, 0) is 66.8 Å². The lowest BCUT2D eigenvalue weighted by Crippen LogP contribution is -2.46. The summed E-state index contributed by atoms with van der Waals surface area (Å²) >= 11 is 0. The van der Waals surface area contributed by atoms with Crippen LogP contribution in [-0.2, 0) is 11.3 Å². The average molecular weight is 593 g/mol. The molecule has 2 unspecified atom stereocenters. The highest BCUT2D eigenvalue weighted by Gasteiger charge is 2.31. The Balaban J connectivity index is 1.44. The lowest BCUT2D eigenvalue weighted by Gasteiger charge is -2.37. The minimum atomic E-state index is -3.10. The van der Waals surface area contributed by atoms with Crippen LogP contribution in [0, 0.1) is 5.92 Å². The molecule has 0 aliphatic carbocycles. The number of allylic oxidation sites excluding steroid dienone is 5.